The standard InChI is InChI=1S/C10H17NO/c1-8(2)9(3)10(12)11-6-4-5-7-11/h4-7H2,1-3H3. The fourth-order valence-corrected chi connectivity index (χ4v) is 1.37. The second-order valence-corrected chi connectivity index (χ2v) is 3.62. The van der Waals surface area contributed by atoms with Crippen LogP contribution >= 0.6 is 0 Å². The SMILES string of the molecule is CC(C)=C(C)C(=O)N1CCCC1. The van der Waals surface area contributed by atoms with Gasteiger partial charge in [-0.05, 0) is 33.6 Å². The maximum absolute atomic E-state index is 11.7. The fourth-order valence-electron chi connectivity index (χ4n) is 1.37. The molecule has 0 N–H and O–H groups in total. The van der Waals surface area contributed by atoms with Gasteiger partial charge < -0.3 is 4.90 Å². The topological polar surface area (TPSA) is 20.3 Å². The molecule has 0 spiro atoms. The van der Waals surface area contributed by atoms with Crippen LogP contribution in [0.3, 0.4) is 0 Å². The molecule has 0 saturated carbocycles. The van der Waals surface area contributed by atoms with E-state index in [4.69, 9.17) is 0 Å². The first kappa shape index (κ1) is 9.30. The van der Waals surface area contributed by atoms with Gasteiger partial charge in [-0.3, -0.25) is 4.79 Å². The Morgan fingerprint density at radius 1 is 1.08 bits per heavy atom. The summed E-state index contributed by atoms with van der Waals surface area (Å²) < 4.78 is 0. The van der Waals surface area contributed by atoms with E-state index in [1.807, 2.05) is 25.7 Å². The van der Waals surface area contributed by atoms with Gasteiger partial charge in [0.2, 0.25) is 5.91 Å². The highest BCUT2D eigenvalue weighted by atomic mass is 16.2. The van der Waals surface area contributed by atoms with E-state index < -0.39 is 0 Å². The summed E-state index contributed by atoms with van der Waals surface area (Å²) in [6, 6.07) is 0. The zero-order valence-corrected chi connectivity index (χ0v) is 8.18. The van der Waals surface area contributed by atoms with E-state index in [1.54, 1.807) is 0 Å². The predicted molar refractivity (Wildman–Crippen MR) is 49.9 cm³/mol. The highest BCUT2D eigenvalue weighted by molar-refractivity contribution is 5.93. The molecule has 1 rings (SSSR count). The summed E-state index contributed by atoms with van der Waals surface area (Å²) >= 11 is 0. The number of amides is 1. The third kappa shape index (κ3) is 1.87. The number of rotatable bonds is 1. The van der Waals surface area contributed by atoms with Crippen LogP contribution < -0.4 is 0 Å². The van der Waals surface area contributed by atoms with Gasteiger partial charge in [0.1, 0.15) is 0 Å². The third-order valence-corrected chi connectivity index (χ3v) is 2.46. The van der Waals surface area contributed by atoms with E-state index in [1.165, 1.54) is 12.8 Å². The molecule has 1 heterocycles. The molecule has 2 nitrogen and oxygen atoms in total. The van der Waals surface area contributed by atoms with Crippen molar-refractivity contribution in [3.8, 4) is 0 Å². The minimum atomic E-state index is 0.229. The second kappa shape index (κ2) is 3.74. The van der Waals surface area contributed by atoms with Crippen molar-refractivity contribution in [2.45, 2.75) is 33.6 Å². The number of nitrogens with zero attached hydrogens (tertiary/aromatic N) is 1. The van der Waals surface area contributed by atoms with Crippen molar-refractivity contribution in [3.05, 3.63) is 11.1 Å². The van der Waals surface area contributed by atoms with Crippen LogP contribution in [0, 0.1) is 0 Å². The predicted octanol–water partition coefficient (Wildman–Crippen LogP) is 1.97. The summed E-state index contributed by atoms with van der Waals surface area (Å²) in [6.45, 7) is 7.79. The van der Waals surface area contributed by atoms with Gasteiger partial charge in [0, 0.05) is 18.7 Å². The lowest BCUT2D eigenvalue weighted by atomic mass is 10.1. The quantitative estimate of drug-likeness (QED) is 0.547. The molecule has 12 heavy (non-hydrogen) atoms. The molecule has 1 aliphatic rings. The Bertz CT molecular complexity index is 208. The molecule has 0 aromatic heterocycles. The minimum Gasteiger partial charge on any atom is -0.339 e. The van der Waals surface area contributed by atoms with Crippen molar-refractivity contribution in [2.75, 3.05) is 13.1 Å². The van der Waals surface area contributed by atoms with Gasteiger partial charge in [0.25, 0.3) is 0 Å². The highest BCUT2D eigenvalue weighted by Crippen LogP contribution is 2.13. The van der Waals surface area contributed by atoms with Crippen LogP contribution in [0.4, 0.5) is 0 Å². The molecule has 0 unspecified atom stereocenters. The number of carbonyl (C=O) groups is 1. The van der Waals surface area contributed by atoms with E-state index in [0.29, 0.717) is 0 Å². The first-order valence-electron chi connectivity index (χ1n) is 4.56. The van der Waals surface area contributed by atoms with Gasteiger partial charge in [0.15, 0.2) is 0 Å². The maximum atomic E-state index is 11.7. The van der Waals surface area contributed by atoms with Crippen molar-refractivity contribution in [3.63, 3.8) is 0 Å². The second-order valence-electron chi connectivity index (χ2n) is 3.62. The fraction of sp³-hybridized carbons (Fsp3) is 0.700. The van der Waals surface area contributed by atoms with Gasteiger partial charge in [-0.15, -0.1) is 0 Å². The van der Waals surface area contributed by atoms with Crippen LogP contribution in [0.1, 0.15) is 33.6 Å². The molecule has 1 amide bonds. The van der Waals surface area contributed by atoms with Crippen molar-refractivity contribution >= 4 is 5.91 Å². The van der Waals surface area contributed by atoms with Crippen LogP contribution in [0.25, 0.3) is 0 Å². The molecule has 1 saturated heterocycles. The Morgan fingerprint density at radius 3 is 2.00 bits per heavy atom. The van der Waals surface area contributed by atoms with Gasteiger partial charge in [0.05, 0.1) is 0 Å². The number of hydrogen-bond acceptors (Lipinski definition) is 1. The largest absolute Gasteiger partial charge is 0.339 e. The summed E-state index contributed by atoms with van der Waals surface area (Å²) in [5.41, 5.74) is 2.05. The normalized spacial score (nSPS) is 16.4. The lowest BCUT2D eigenvalue weighted by molar-refractivity contribution is -0.126. The number of carbonyl (C=O) groups excluding carboxylic acids is 1. The molecule has 0 aromatic carbocycles. The van der Waals surface area contributed by atoms with Gasteiger partial charge in [-0.25, -0.2) is 0 Å². The third-order valence-electron chi connectivity index (χ3n) is 2.46. The number of hydrogen-bond donors (Lipinski definition) is 0. The average Bonchev–Trinajstić information content (AvgIpc) is 2.53. The molecular weight excluding hydrogens is 150 g/mol. The van der Waals surface area contributed by atoms with E-state index >= 15 is 0 Å². The first-order chi connectivity index (χ1) is 5.63. The first-order valence-corrected chi connectivity index (χ1v) is 4.56. The minimum absolute atomic E-state index is 0.229. The van der Waals surface area contributed by atoms with E-state index in [2.05, 4.69) is 0 Å². The molecule has 0 bridgehead atoms. The Kier molecular flexibility index (Phi) is 2.90. The van der Waals surface area contributed by atoms with Crippen LogP contribution in [-0.4, -0.2) is 23.9 Å². The van der Waals surface area contributed by atoms with Crippen molar-refractivity contribution in [1.29, 1.82) is 0 Å². The summed E-state index contributed by atoms with van der Waals surface area (Å²) in [6.07, 6.45) is 2.34. The summed E-state index contributed by atoms with van der Waals surface area (Å²) in [5, 5.41) is 0. The van der Waals surface area contributed by atoms with Crippen LogP contribution in [0.2, 0.25) is 0 Å². The van der Waals surface area contributed by atoms with Crippen LogP contribution in [0.15, 0.2) is 11.1 Å². The Morgan fingerprint density at radius 2 is 1.58 bits per heavy atom. The highest BCUT2D eigenvalue weighted by Gasteiger charge is 2.19. The molecular formula is C10H17NO. The summed E-state index contributed by atoms with van der Waals surface area (Å²) in [5.74, 6) is 0.229. The number of allylic oxidation sites excluding steroid dienone is 1. The zero-order valence-electron chi connectivity index (χ0n) is 8.18. The van der Waals surface area contributed by atoms with Crippen molar-refractivity contribution < 1.29 is 4.79 Å². The summed E-state index contributed by atoms with van der Waals surface area (Å²) in [7, 11) is 0. The molecule has 1 fully saturated rings. The lowest BCUT2D eigenvalue weighted by Crippen LogP contribution is -2.28. The monoisotopic (exact) mass is 167 g/mol. The van der Waals surface area contributed by atoms with E-state index in [9.17, 15) is 4.79 Å². The van der Waals surface area contributed by atoms with Crippen LogP contribution in [0.5, 0.6) is 0 Å². The molecule has 68 valence electrons. The molecule has 0 aliphatic carbocycles. The summed E-state index contributed by atoms with van der Waals surface area (Å²) in [4.78, 5) is 13.6. The lowest BCUT2D eigenvalue weighted by Gasteiger charge is -2.16. The Hall–Kier alpha value is -0.790. The van der Waals surface area contributed by atoms with Crippen LogP contribution in [-0.2, 0) is 4.79 Å². The van der Waals surface area contributed by atoms with Gasteiger partial charge in [-0.1, -0.05) is 5.57 Å². The average molecular weight is 167 g/mol. The zero-order chi connectivity index (χ0) is 9.14. The molecule has 2 heteroatoms. The maximum Gasteiger partial charge on any atom is 0.249 e. The molecule has 0 aromatic rings. The number of likely N-dealkylation sites (tertiary alicyclic amines) is 1. The van der Waals surface area contributed by atoms with Gasteiger partial charge >= 0.3 is 0 Å². The molecule has 1 aliphatic heterocycles. The van der Waals surface area contributed by atoms with Crippen molar-refractivity contribution in [1.82, 2.24) is 4.90 Å². The van der Waals surface area contributed by atoms with E-state index in [0.717, 1.165) is 24.2 Å². The molecule has 0 radical (unpaired) electrons. The molecule has 0 atom stereocenters. The van der Waals surface area contributed by atoms with E-state index in [-0.39, 0.29) is 5.91 Å². The smallest absolute Gasteiger partial charge is 0.249 e. The Labute approximate surface area is 74.2 Å². The Balaban J connectivity index is 2.64. The van der Waals surface area contributed by atoms with Crippen molar-refractivity contribution in [2.24, 2.45) is 0 Å². The van der Waals surface area contributed by atoms with Gasteiger partial charge in [-0.2, -0.15) is 0 Å².